The predicted molar refractivity (Wildman–Crippen MR) is 116 cm³/mol. The van der Waals surface area contributed by atoms with Crippen LogP contribution in [0, 0.1) is 5.92 Å². The molecule has 1 N–H and O–H groups in total. The van der Waals surface area contributed by atoms with E-state index in [1.54, 1.807) is 7.11 Å². The topological polar surface area (TPSA) is 49.3 Å². The van der Waals surface area contributed by atoms with Crippen molar-refractivity contribution in [3.63, 3.8) is 0 Å². The Morgan fingerprint density at radius 1 is 1.21 bits per heavy atom. The summed E-state index contributed by atoms with van der Waals surface area (Å²) in [7, 11) is 1.67. The number of hydrogen-bond acceptors (Lipinski definition) is 4. The van der Waals surface area contributed by atoms with Crippen LogP contribution in [-0.2, 0) is 6.54 Å². The van der Waals surface area contributed by atoms with Crippen LogP contribution in [0.15, 0.2) is 23.2 Å². The van der Waals surface area contributed by atoms with Gasteiger partial charge in [0.1, 0.15) is 0 Å². The van der Waals surface area contributed by atoms with E-state index in [4.69, 9.17) is 14.5 Å². The highest BCUT2D eigenvalue weighted by Gasteiger charge is 2.25. The van der Waals surface area contributed by atoms with E-state index in [0.717, 1.165) is 55.7 Å². The lowest BCUT2D eigenvalue weighted by Gasteiger charge is -2.24. The highest BCUT2D eigenvalue weighted by Crippen LogP contribution is 2.28. The molecule has 0 bridgehead atoms. The number of ether oxygens (including phenoxy) is 2. The summed E-state index contributed by atoms with van der Waals surface area (Å²) in [6, 6.07) is 6.04. The lowest BCUT2D eigenvalue weighted by atomic mass is 10.1. The summed E-state index contributed by atoms with van der Waals surface area (Å²) < 4.78 is 11.1. The van der Waals surface area contributed by atoms with Gasteiger partial charge in [-0.05, 0) is 57.0 Å². The van der Waals surface area contributed by atoms with Gasteiger partial charge < -0.3 is 24.6 Å². The molecule has 1 aliphatic rings. The zero-order valence-corrected chi connectivity index (χ0v) is 18.3. The Balaban J connectivity index is 2.03. The maximum atomic E-state index is 5.69. The Morgan fingerprint density at radius 2 is 2.00 bits per heavy atom. The van der Waals surface area contributed by atoms with Crippen LogP contribution in [0.3, 0.4) is 0 Å². The van der Waals surface area contributed by atoms with Crippen LogP contribution in [0.25, 0.3) is 0 Å². The summed E-state index contributed by atoms with van der Waals surface area (Å²) >= 11 is 0. The molecule has 1 aromatic rings. The Hall–Kier alpha value is -1.95. The first-order chi connectivity index (χ1) is 13.6. The zero-order chi connectivity index (χ0) is 20.4. The molecule has 6 heteroatoms. The minimum Gasteiger partial charge on any atom is -0.493 e. The van der Waals surface area contributed by atoms with Gasteiger partial charge >= 0.3 is 0 Å². The molecule has 1 aliphatic heterocycles. The van der Waals surface area contributed by atoms with E-state index in [0.29, 0.717) is 19.1 Å². The molecule has 0 aromatic heterocycles. The molecular formula is C22H38N4O2. The SMILES string of the molecule is CCNC(=NCc1ccc(OC)c(OCC)c1)N1CCC(CN(CC)CC)C1. The Morgan fingerprint density at radius 3 is 2.64 bits per heavy atom. The van der Waals surface area contributed by atoms with Gasteiger partial charge in [-0.2, -0.15) is 0 Å². The number of hydrogen-bond donors (Lipinski definition) is 1. The Bertz CT molecular complexity index is 617. The lowest BCUT2D eigenvalue weighted by Crippen LogP contribution is -2.40. The summed E-state index contributed by atoms with van der Waals surface area (Å²) in [5.41, 5.74) is 1.12. The van der Waals surface area contributed by atoms with Crippen LogP contribution in [0.5, 0.6) is 11.5 Å². The standard InChI is InChI=1S/C22H38N4O2/c1-6-23-22(26-13-12-19(17-26)16-25(7-2)8-3)24-15-18-10-11-20(27-5)21(14-18)28-9-4/h10-11,14,19H,6-9,12-13,15-17H2,1-5H3,(H,23,24). The van der Waals surface area contributed by atoms with Crippen molar-refractivity contribution in [2.24, 2.45) is 10.9 Å². The van der Waals surface area contributed by atoms with E-state index >= 15 is 0 Å². The number of benzene rings is 1. The number of methoxy groups -OCH3 is 1. The van der Waals surface area contributed by atoms with Crippen LogP contribution in [0.4, 0.5) is 0 Å². The lowest BCUT2D eigenvalue weighted by molar-refractivity contribution is 0.255. The fourth-order valence-corrected chi connectivity index (χ4v) is 3.70. The maximum absolute atomic E-state index is 5.69. The number of rotatable bonds is 10. The molecule has 0 saturated carbocycles. The molecule has 1 unspecified atom stereocenters. The van der Waals surface area contributed by atoms with Crippen molar-refractivity contribution in [1.82, 2.24) is 15.1 Å². The van der Waals surface area contributed by atoms with Crippen LogP contribution in [0.2, 0.25) is 0 Å². The first kappa shape index (κ1) is 22.3. The average Bonchev–Trinajstić information content (AvgIpc) is 3.18. The van der Waals surface area contributed by atoms with Gasteiger partial charge in [-0.3, -0.25) is 0 Å². The molecule has 6 nitrogen and oxygen atoms in total. The molecule has 0 aliphatic carbocycles. The van der Waals surface area contributed by atoms with Crippen molar-refractivity contribution < 1.29 is 9.47 Å². The maximum Gasteiger partial charge on any atom is 0.194 e. The third kappa shape index (κ3) is 6.30. The molecule has 1 fully saturated rings. The number of aliphatic imine (C=N–C) groups is 1. The summed E-state index contributed by atoms with van der Waals surface area (Å²) in [6.45, 7) is 16.3. The van der Waals surface area contributed by atoms with Crippen molar-refractivity contribution in [3.05, 3.63) is 23.8 Å². The third-order valence-electron chi connectivity index (χ3n) is 5.27. The summed E-state index contributed by atoms with van der Waals surface area (Å²) in [4.78, 5) is 9.82. The van der Waals surface area contributed by atoms with Crippen LogP contribution in [-0.4, -0.2) is 68.7 Å². The summed E-state index contributed by atoms with van der Waals surface area (Å²) in [5.74, 6) is 3.27. The molecule has 0 radical (unpaired) electrons. The quantitative estimate of drug-likeness (QED) is 0.491. The first-order valence-electron chi connectivity index (χ1n) is 10.7. The number of nitrogens with zero attached hydrogens (tertiary/aromatic N) is 3. The summed E-state index contributed by atoms with van der Waals surface area (Å²) in [5, 5.41) is 3.47. The monoisotopic (exact) mass is 390 g/mol. The minimum absolute atomic E-state index is 0.618. The van der Waals surface area contributed by atoms with Gasteiger partial charge in [0.25, 0.3) is 0 Å². The van der Waals surface area contributed by atoms with E-state index < -0.39 is 0 Å². The van der Waals surface area contributed by atoms with Gasteiger partial charge in [0.15, 0.2) is 17.5 Å². The molecule has 2 rings (SSSR count). The molecule has 158 valence electrons. The predicted octanol–water partition coefficient (Wildman–Crippen LogP) is 3.22. The van der Waals surface area contributed by atoms with Crippen molar-refractivity contribution in [2.45, 2.75) is 40.7 Å². The number of likely N-dealkylation sites (tertiary alicyclic amines) is 1. The van der Waals surface area contributed by atoms with Crippen molar-refractivity contribution in [3.8, 4) is 11.5 Å². The second kappa shape index (κ2) is 11.8. The van der Waals surface area contributed by atoms with Gasteiger partial charge in [-0.25, -0.2) is 4.99 Å². The van der Waals surface area contributed by atoms with E-state index in [2.05, 4.69) is 42.0 Å². The minimum atomic E-state index is 0.618. The molecule has 1 atom stereocenters. The fraction of sp³-hybridized carbons (Fsp3) is 0.682. The molecule has 1 heterocycles. The Kier molecular flexibility index (Phi) is 9.41. The van der Waals surface area contributed by atoms with Crippen molar-refractivity contribution in [2.75, 3.05) is 53.0 Å². The van der Waals surface area contributed by atoms with E-state index in [1.165, 1.54) is 13.0 Å². The van der Waals surface area contributed by atoms with Crippen LogP contribution in [0.1, 0.15) is 39.7 Å². The molecular weight excluding hydrogens is 352 g/mol. The molecule has 28 heavy (non-hydrogen) atoms. The van der Waals surface area contributed by atoms with Gasteiger partial charge in [0, 0.05) is 26.2 Å². The number of guanidine groups is 1. The first-order valence-corrected chi connectivity index (χ1v) is 10.7. The molecule has 1 saturated heterocycles. The number of nitrogens with one attached hydrogen (secondary N) is 1. The second-order valence-corrected chi connectivity index (χ2v) is 7.17. The van der Waals surface area contributed by atoms with E-state index in [9.17, 15) is 0 Å². The van der Waals surface area contributed by atoms with Crippen LogP contribution >= 0.6 is 0 Å². The molecule has 0 amide bonds. The normalized spacial score (nSPS) is 17.3. The highest BCUT2D eigenvalue weighted by atomic mass is 16.5. The highest BCUT2D eigenvalue weighted by molar-refractivity contribution is 5.80. The van der Waals surface area contributed by atoms with E-state index in [-0.39, 0.29) is 0 Å². The van der Waals surface area contributed by atoms with Crippen molar-refractivity contribution in [1.29, 1.82) is 0 Å². The largest absolute Gasteiger partial charge is 0.493 e. The van der Waals surface area contributed by atoms with Gasteiger partial charge in [0.2, 0.25) is 0 Å². The average molecular weight is 391 g/mol. The van der Waals surface area contributed by atoms with Gasteiger partial charge in [0.05, 0.1) is 20.3 Å². The molecule has 0 spiro atoms. The second-order valence-electron chi connectivity index (χ2n) is 7.17. The van der Waals surface area contributed by atoms with E-state index in [1.807, 2.05) is 19.1 Å². The van der Waals surface area contributed by atoms with Crippen LogP contribution < -0.4 is 14.8 Å². The Labute approximate surface area is 170 Å². The summed E-state index contributed by atoms with van der Waals surface area (Å²) in [6.07, 6.45) is 1.23. The van der Waals surface area contributed by atoms with Gasteiger partial charge in [-0.15, -0.1) is 0 Å². The van der Waals surface area contributed by atoms with Gasteiger partial charge in [-0.1, -0.05) is 19.9 Å². The zero-order valence-electron chi connectivity index (χ0n) is 18.3. The fourth-order valence-electron chi connectivity index (χ4n) is 3.70. The van der Waals surface area contributed by atoms with Crippen molar-refractivity contribution >= 4 is 5.96 Å². The molecule has 1 aromatic carbocycles. The smallest absolute Gasteiger partial charge is 0.194 e. The third-order valence-corrected chi connectivity index (χ3v) is 5.27.